The fourth-order valence-corrected chi connectivity index (χ4v) is 3.54. The average Bonchev–Trinajstić information content (AvgIpc) is 2.66. The molecule has 0 radical (unpaired) electrons. The van der Waals surface area contributed by atoms with E-state index in [0.29, 0.717) is 11.4 Å². The summed E-state index contributed by atoms with van der Waals surface area (Å²) in [6.45, 7) is 1.95. The Morgan fingerprint density at radius 3 is 2.38 bits per heavy atom. The summed E-state index contributed by atoms with van der Waals surface area (Å²) in [4.78, 5) is 12.5. The van der Waals surface area contributed by atoms with E-state index in [9.17, 15) is 13.2 Å². The van der Waals surface area contributed by atoms with Gasteiger partial charge in [0.2, 0.25) is 10.0 Å². The molecular formula is C18H21ClN2O4S. The second-order valence-electron chi connectivity index (χ2n) is 5.56. The summed E-state index contributed by atoms with van der Waals surface area (Å²) in [7, 11) is -1.08. The largest absolute Gasteiger partial charge is 0.495 e. The number of methoxy groups -OCH3 is 1. The lowest BCUT2D eigenvalue weighted by molar-refractivity contribution is 0.0935. The van der Waals surface area contributed by atoms with Crippen LogP contribution in [0.2, 0.25) is 5.02 Å². The van der Waals surface area contributed by atoms with Crippen molar-refractivity contribution in [2.75, 3.05) is 14.2 Å². The van der Waals surface area contributed by atoms with Gasteiger partial charge in [0.15, 0.2) is 0 Å². The fraction of sp³-hybridized carbons (Fsp3) is 0.278. The van der Waals surface area contributed by atoms with Crippen LogP contribution in [0.25, 0.3) is 0 Å². The Bertz CT molecular complexity index is 883. The molecule has 6 nitrogen and oxygen atoms in total. The Morgan fingerprint density at radius 2 is 1.85 bits per heavy atom. The van der Waals surface area contributed by atoms with Gasteiger partial charge in [0.25, 0.3) is 5.91 Å². The lowest BCUT2D eigenvalue weighted by Gasteiger charge is -2.18. The fourth-order valence-electron chi connectivity index (χ4n) is 2.50. The van der Waals surface area contributed by atoms with Crippen molar-refractivity contribution in [3.63, 3.8) is 0 Å². The van der Waals surface area contributed by atoms with Crippen LogP contribution in [-0.4, -0.2) is 28.5 Å². The smallest absolute Gasteiger partial charge is 0.251 e. The van der Waals surface area contributed by atoms with E-state index >= 15 is 0 Å². The van der Waals surface area contributed by atoms with Gasteiger partial charge >= 0.3 is 0 Å². The summed E-state index contributed by atoms with van der Waals surface area (Å²) < 4.78 is 31.6. The van der Waals surface area contributed by atoms with Crippen molar-refractivity contribution in [1.82, 2.24) is 10.0 Å². The molecule has 0 heterocycles. The number of ether oxygens (including phenoxy) is 1. The van der Waals surface area contributed by atoms with Crippen molar-refractivity contribution < 1.29 is 17.9 Å². The third kappa shape index (κ3) is 4.55. The topological polar surface area (TPSA) is 84.5 Å². The number of benzene rings is 2. The number of sulfonamides is 1. The van der Waals surface area contributed by atoms with Gasteiger partial charge in [-0.05, 0) is 49.4 Å². The van der Waals surface area contributed by atoms with Crippen LogP contribution in [0.4, 0.5) is 0 Å². The van der Waals surface area contributed by atoms with Gasteiger partial charge < -0.3 is 10.1 Å². The number of carbonyl (C=O) groups excluding carboxylic acids is 1. The third-order valence-corrected chi connectivity index (χ3v) is 5.66. The van der Waals surface area contributed by atoms with Crippen LogP contribution in [0.3, 0.4) is 0 Å². The average molecular weight is 397 g/mol. The van der Waals surface area contributed by atoms with Crippen LogP contribution in [-0.2, 0) is 10.0 Å². The zero-order valence-corrected chi connectivity index (χ0v) is 16.3. The maximum Gasteiger partial charge on any atom is 0.251 e. The molecule has 0 saturated carbocycles. The lowest BCUT2D eigenvalue weighted by Crippen LogP contribution is -2.28. The molecule has 26 heavy (non-hydrogen) atoms. The minimum Gasteiger partial charge on any atom is -0.495 e. The molecule has 0 saturated heterocycles. The monoisotopic (exact) mass is 396 g/mol. The molecular weight excluding hydrogens is 376 g/mol. The molecule has 2 aromatic carbocycles. The standard InChI is InChI=1S/C18H21ClN2O4S/c1-4-15(12-5-8-14(19)9-6-12)21-18(22)13-7-10-16(25-3)17(11-13)26(23,24)20-2/h5-11,15,20H,4H2,1-3H3,(H,21,22). The Kier molecular flexibility index (Phi) is 6.63. The molecule has 0 fully saturated rings. The van der Waals surface area contributed by atoms with E-state index in [2.05, 4.69) is 10.0 Å². The molecule has 0 aliphatic carbocycles. The molecule has 1 unspecified atom stereocenters. The van der Waals surface area contributed by atoms with Gasteiger partial charge in [-0.2, -0.15) is 0 Å². The van der Waals surface area contributed by atoms with Gasteiger partial charge in [0.1, 0.15) is 10.6 Å². The first-order valence-electron chi connectivity index (χ1n) is 8.00. The predicted molar refractivity (Wildman–Crippen MR) is 101 cm³/mol. The van der Waals surface area contributed by atoms with Gasteiger partial charge in [-0.1, -0.05) is 30.7 Å². The number of halogens is 1. The third-order valence-electron chi connectivity index (χ3n) is 3.97. The first-order valence-corrected chi connectivity index (χ1v) is 9.86. The van der Waals surface area contributed by atoms with Crippen LogP contribution < -0.4 is 14.8 Å². The lowest BCUT2D eigenvalue weighted by atomic mass is 10.0. The van der Waals surface area contributed by atoms with Crippen LogP contribution >= 0.6 is 11.6 Å². The number of hydrogen-bond donors (Lipinski definition) is 2. The van der Waals surface area contributed by atoms with E-state index in [4.69, 9.17) is 16.3 Å². The van der Waals surface area contributed by atoms with E-state index in [-0.39, 0.29) is 28.2 Å². The molecule has 2 aromatic rings. The van der Waals surface area contributed by atoms with Gasteiger partial charge in [-0.25, -0.2) is 13.1 Å². The molecule has 2 rings (SSSR count). The van der Waals surface area contributed by atoms with Crippen molar-refractivity contribution in [2.45, 2.75) is 24.3 Å². The summed E-state index contributed by atoms with van der Waals surface area (Å²) in [5.41, 5.74) is 1.15. The molecule has 140 valence electrons. The summed E-state index contributed by atoms with van der Waals surface area (Å²) in [5, 5.41) is 3.53. The Labute approximate surface area is 158 Å². The molecule has 1 amide bonds. The van der Waals surface area contributed by atoms with E-state index in [1.165, 1.54) is 32.4 Å². The van der Waals surface area contributed by atoms with Crippen molar-refractivity contribution in [3.8, 4) is 5.75 Å². The minimum atomic E-state index is -3.76. The van der Waals surface area contributed by atoms with E-state index in [0.717, 1.165) is 5.56 Å². The Balaban J connectivity index is 2.31. The van der Waals surface area contributed by atoms with E-state index < -0.39 is 10.0 Å². The van der Waals surface area contributed by atoms with E-state index in [1.807, 2.05) is 19.1 Å². The summed E-state index contributed by atoms with van der Waals surface area (Å²) in [6, 6.07) is 11.3. The van der Waals surface area contributed by atoms with Crippen LogP contribution in [0.1, 0.15) is 35.3 Å². The first kappa shape index (κ1) is 20.2. The summed E-state index contributed by atoms with van der Waals surface area (Å²) >= 11 is 5.90. The first-order chi connectivity index (χ1) is 12.3. The predicted octanol–water partition coefficient (Wildman–Crippen LogP) is 3.14. The number of carbonyl (C=O) groups is 1. The zero-order valence-electron chi connectivity index (χ0n) is 14.7. The van der Waals surface area contributed by atoms with Gasteiger partial charge in [-0.3, -0.25) is 4.79 Å². The van der Waals surface area contributed by atoms with Crippen molar-refractivity contribution in [1.29, 1.82) is 0 Å². The van der Waals surface area contributed by atoms with E-state index in [1.54, 1.807) is 12.1 Å². The molecule has 0 bridgehead atoms. The number of amides is 1. The highest BCUT2D eigenvalue weighted by Crippen LogP contribution is 2.25. The van der Waals surface area contributed by atoms with Crippen molar-refractivity contribution >= 4 is 27.5 Å². The molecule has 1 atom stereocenters. The molecule has 2 N–H and O–H groups in total. The highest BCUT2D eigenvalue weighted by Gasteiger charge is 2.21. The van der Waals surface area contributed by atoms with Crippen molar-refractivity contribution in [2.24, 2.45) is 0 Å². The molecule has 0 aliphatic heterocycles. The highest BCUT2D eigenvalue weighted by molar-refractivity contribution is 7.89. The summed E-state index contributed by atoms with van der Waals surface area (Å²) in [5.74, 6) is -0.206. The second-order valence-corrected chi connectivity index (χ2v) is 7.85. The Morgan fingerprint density at radius 1 is 1.19 bits per heavy atom. The van der Waals surface area contributed by atoms with Crippen molar-refractivity contribution in [3.05, 3.63) is 58.6 Å². The second kappa shape index (κ2) is 8.53. The highest BCUT2D eigenvalue weighted by atomic mass is 35.5. The molecule has 0 aromatic heterocycles. The van der Waals surface area contributed by atoms with Crippen LogP contribution in [0.5, 0.6) is 5.75 Å². The SMILES string of the molecule is CCC(NC(=O)c1ccc(OC)c(S(=O)(=O)NC)c1)c1ccc(Cl)cc1. The molecule has 0 spiro atoms. The maximum absolute atomic E-state index is 12.6. The minimum absolute atomic E-state index is 0.0882. The summed E-state index contributed by atoms with van der Waals surface area (Å²) in [6.07, 6.45) is 0.672. The quantitative estimate of drug-likeness (QED) is 0.753. The Hall–Kier alpha value is -2.09. The number of hydrogen-bond acceptors (Lipinski definition) is 4. The molecule has 8 heteroatoms. The van der Waals surface area contributed by atoms with Crippen LogP contribution in [0, 0.1) is 0 Å². The van der Waals surface area contributed by atoms with Crippen LogP contribution in [0.15, 0.2) is 47.4 Å². The molecule has 0 aliphatic rings. The maximum atomic E-state index is 12.6. The normalized spacial score (nSPS) is 12.5. The zero-order chi connectivity index (χ0) is 19.3. The number of nitrogens with one attached hydrogen (secondary N) is 2. The van der Waals surface area contributed by atoms with Gasteiger partial charge in [0, 0.05) is 10.6 Å². The van der Waals surface area contributed by atoms with Gasteiger partial charge in [0.05, 0.1) is 13.2 Å². The number of rotatable bonds is 7. The van der Waals surface area contributed by atoms with Gasteiger partial charge in [-0.15, -0.1) is 0 Å².